The molecule has 1 aromatic rings. The van der Waals surface area contributed by atoms with E-state index in [1.54, 1.807) is 0 Å². The molecule has 1 aromatic heterocycles. The fourth-order valence-electron chi connectivity index (χ4n) is 3.34. The number of rotatable bonds is 6. The Hall–Kier alpha value is 0.1000. The molecule has 4 heteroatoms. The summed E-state index contributed by atoms with van der Waals surface area (Å²) in [6, 6.07) is 2.64. The van der Waals surface area contributed by atoms with E-state index in [-0.39, 0.29) is 5.60 Å². The van der Waals surface area contributed by atoms with Crippen LogP contribution in [0, 0.1) is 5.92 Å². The molecule has 0 aromatic carbocycles. The number of halogens is 1. The van der Waals surface area contributed by atoms with Crippen LogP contribution in [-0.2, 0) is 11.2 Å². The summed E-state index contributed by atoms with van der Waals surface area (Å²) in [6.07, 6.45) is 5.99. The van der Waals surface area contributed by atoms with Gasteiger partial charge in [-0.15, -0.1) is 11.3 Å². The maximum absolute atomic E-state index is 6.28. The van der Waals surface area contributed by atoms with Crippen LogP contribution in [0.2, 0.25) is 0 Å². The average Bonchev–Trinajstić information content (AvgIpc) is 2.85. The molecule has 0 amide bonds. The highest BCUT2D eigenvalue weighted by atomic mass is 79.9. The van der Waals surface area contributed by atoms with E-state index in [0.717, 1.165) is 18.9 Å². The Morgan fingerprint density at radius 1 is 1.50 bits per heavy atom. The molecule has 2 rings (SSSR count). The predicted octanol–water partition coefficient (Wildman–Crippen LogP) is 4.63. The van der Waals surface area contributed by atoms with Crippen LogP contribution in [0.3, 0.4) is 0 Å². The molecule has 1 aliphatic rings. The zero-order chi connectivity index (χ0) is 14.6. The van der Waals surface area contributed by atoms with Gasteiger partial charge in [-0.3, -0.25) is 0 Å². The zero-order valence-electron chi connectivity index (χ0n) is 12.7. The fraction of sp³-hybridized carbons (Fsp3) is 0.750. The van der Waals surface area contributed by atoms with E-state index < -0.39 is 0 Å². The van der Waals surface area contributed by atoms with Crippen LogP contribution in [0.4, 0.5) is 0 Å². The first-order chi connectivity index (χ1) is 9.59. The van der Waals surface area contributed by atoms with Gasteiger partial charge in [0.05, 0.1) is 5.60 Å². The van der Waals surface area contributed by atoms with Crippen molar-refractivity contribution in [3.8, 4) is 0 Å². The topological polar surface area (TPSA) is 21.3 Å². The number of nitrogens with one attached hydrogen (secondary N) is 1. The molecule has 1 heterocycles. The summed E-state index contributed by atoms with van der Waals surface area (Å²) in [6.45, 7) is 5.29. The van der Waals surface area contributed by atoms with Gasteiger partial charge in [0.25, 0.3) is 0 Å². The van der Waals surface area contributed by atoms with Gasteiger partial charge in [-0.1, -0.05) is 6.92 Å². The molecule has 114 valence electrons. The van der Waals surface area contributed by atoms with E-state index in [4.69, 9.17) is 4.74 Å². The Bertz CT molecular complexity index is 412. The summed E-state index contributed by atoms with van der Waals surface area (Å²) in [5, 5.41) is 5.70. The fourth-order valence-corrected chi connectivity index (χ4v) is 4.84. The maximum atomic E-state index is 6.28. The van der Waals surface area contributed by atoms with E-state index in [2.05, 4.69) is 53.6 Å². The monoisotopic (exact) mass is 359 g/mol. The quantitative estimate of drug-likeness (QED) is 0.799. The first-order valence-corrected chi connectivity index (χ1v) is 9.31. The smallest absolute Gasteiger partial charge is 0.0838 e. The number of hydrogen-bond donors (Lipinski definition) is 1. The number of hydrogen-bond acceptors (Lipinski definition) is 3. The second-order valence-corrected chi connectivity index (χ2v) is 7.87. The number of likely N-dealkylation sites (N-methyl/N-ethyl adjacent to an activating group) is 1. The van der Waals surface area contributed by atoms with E-state index >= 15 is 0 Å². The van der Waals surface area contributed by atoms with Gasteiger partial charge >= 0.3 is 0 Å². The second-order valence-electron chi connectivity index (χ2n) is 5.96. The molecule has 0 bridgehead atoms. The molecule has 1 saturated carbocycles. The molecule has 20 heavy (non-hydrogen) atoms. The van der Waals surface area contributed by atoms with Gasteiger partial charge in [0.2, 0.25) is 0 Å². The van der Waals surface area contributed by atoms with Crippen LogP contribution in [-0.4, -0.2) is 25.3 Å². The van der Waals surface area contributed by atoms with Crippen LogP contribution in [0.15, 0.2) is 15.9 Å². The number of ether oxygens (including phenoxy) is 1. The molecule has 1 unspecified atom stereocenters. The molecule has 1 aliphatic carbocycles. The highest BCUT2D eigenvalue weighted by Gasteiger charge is 2.41. The standard InChI is InChI=1S/C16H26BrNOS/c1-4-19-16(7-5-12(2)6-8-16)15(18-3)10-14-9-13(17)11-20-14/h9,11-12,15,18H,4-8,10H2,1-3H3. The normalized spacial score (nSPS) is 28.5. The molecule has 2 nitrogen and oxygen atoms in total. The highest BCUT2D eigenvalue weighted by Crippen LogP contribution is 2.38. The minimum absolute atomic E-state index is 0.0203. The first-order valence-electron chi connectivity index (χ1n) is 7.63. The van der Waals surface area contributed by atoms with Crippen molar-refractivity contribution in [3.63, 3.8) is 0 Å². The van der Waals surface area contributed by atoms with Gasteiger partial charge in [0.15, 0.2) is 0 Å². The minimum atomic E-state index is 0.0203. The van der Waals surface area contributed by atoms with Gasteiger partial charge < -0.3 is 10.1 Å². The van der Waals surface area contributed by atoms with Crippen molar-refractivity contribution >= 4 is 27.3 Å². The summed E-state index contributed by atoms with van der Waals surface area (Å²) in [5.74, 6) is 0.844. The molecule has 0 saturated heterocycles. The predicted molar refractivity (Wildman–Crippen MR) is 90.6 cm³/mol. The zero-order valence-corrected chi connectivity index (χ0v) is 15.1. The lowest BCUT2D eigenvalue weighted by atomic mass is 9.74. The van der Waals surface area contributed by atoms with Crippen LogP contribution in [0.1, 0.15) is 44.4 Å². The van der Waals surface area contributed by atoms with Crippen molar-refractivity contribution in [2.45, 2.75) is 57.6 Å². The first kappa shape index (κ1) is 16.5. The van der Waals surface area contributed by atoms with Crippen molar-refractivity contribution in [2.75, 3.05) is 13.7 Å². The van der Waals surface area contributed by atoms with Gasteiger partial charge in [-0.25, -0.2) is 0 Å². The van der Waals surface area contributed by atoms with E-state index in [0.29, 0.717) is 6.04 Å². The van der Waals surface area contributed by atoms with Crippen LogP contribution < -0.4 is 5.32 Å². The molecule has 0 radical (unpaired) electrons. The third-order valence-electron chi connectivity index (χ3n) is 4.56. The van der Waals surface area contributed by atoms with Gasteiger partial charge in [0.1, 0.15) is 0 Å². The number of thiophene rings is 1. The Labute approximate surface area is 135 Å². The highest BCUT2D eigenvalue weighted by molar-refractivity contribution is 9.10. The molecular weight excluding hydrogens is 334 g/mol. The van der Waals surface area contributed by atoms with Crippen molar-refractivity contribution < 1.29 is 4.74 Å². The van der Waals surface area contributed by atoms with Crippen molar-refractivity contribution in [2.24, 2.45) is 5.92 Å². The summed E-state index contributed by atoms with van der Waals surface area (Å²) in [4.78, 5) is 1.42. The third kappa shape index (κ3) is 3.85. The summed E-state index contributed by atoms with van der Waals surface area (Å²) >= 11 is 5.38. The minimum Gasteiger partial charge on any atom is -0.374 e. The molecule has 0 spiro atoms. The summed E-state index contributed by atoms with van der Waals surface area (Å²) in [5.41, 5.74) is 0.0203. The Kier molecular flexibility index (Phi) is 6.09. The maximum Gasteiger partial charge on any atom is 0.0838 e. The Balaban J connectivity index is 2.12. The third-order valence-corrected chi connectivity index (χ3v) is 6.28. The molecule has 1 fully saturated rings. The van der Waals surface area contributed by atoms with Crippen molar-refractivity contribution in [3.05, 3.63) is 20.8 Å². The largest absolute Gasteiger partial charge is 0.374 e. The van der Waals surface area contributed by atoms with E-state index in [1.165, 1.54) is 35.0 Å². The molecular formula is C16H26BrNOS. The van der Waals surface area contributed by atoms with Crippen molar-refractivity contribution in [1.82, 2.24) is 5.32 Å². The molecule has 1 N–H and O–H groups in total. The Morgan fingerprint density at radius 2 is 2.20 bits per heavy atom. The SMILES string of the molecule is CCOC1(C(Cc2cc(Br)cs2)NC)CCC(C)CC1. The van der Waals surface area contributed by atoms with Crippen molar-refractivity contribution in [1.29, 1.82) is 0 Å². The molecule has 0 aliphatic heterocycles. The Morgan fingerprint density at radius 3 is 2.70 bits per heavy atom. The lowest BCUT2D eigenvalue weighted by Gasteiger charge is -2.44. The molecule has 1 atom stereocenters. The van der Waals surface area contributed by atoms with Crippen LogP contribution >= 0.6 is 27.3 Å². The van der Waals surface area contributed by atoms with Crippen LogP contribution in [0.25, 0.3) is 0 Å². The average molecular weight is 360 g/mol. The second kappa shape index (κ2) is 7.39. The van der Waals surface area contributed by atoms with Gasteiger partial charge in [-0.05, 0) is 74.0 Å². The van der Waals surface area contributed by atoms with E-state index in [9.17, 15) is 0 Å². The van der Waals surface area contributed by atoms with Gasteiger partial charge in [-0.2, -0.15) is 0 Å². The lowest BCUT2D eigenvalue weighted by molar-refractivity contribution is -0.0946. The summed E-state index contributed by atoms with van der Waals surface area (Å²) in [7, 11) is 2.08. The summed E-state index contributed by atoms with van der Waals surface area (Å²) < 4.78 is 7.47. The van der Waals surface area contributed by atoms with Crippen LogP contribution in [0.5, 0.6) is 0 Å². The van der Waals surface area contributed by atoms with Gasteiger partial charge in [0, 0.05) is 27.4 Å². The van der Waals surface area contributed by atoms with E-state index in [1.807, 2.05) is 11.3 Å². The lowest BCUT2D eigenvalue weighted by Crippen LogP contribution is -2.54.